The number of nitrogens with zero attached hydrogens (tertiary/aromatic N) is 1. The van der Waals surface area contributed by atoms with Crippen LogP contribution in [0.4, 0.5) is 0 Å². The summed E-state index contributed by atoms with van der Waals surface area (Å²) in [6, 6.07) is 4.66. The van der Waals surface area contributed by atoms with E-state index in [0.717, 1.165) is 12.8 Å². The number of amides is 1. The van der Waals surface area contributed by atoms with Crippen molar-refractivity contribution in [3.8, 4) is 0 Å². The fraction of sp³-hybridized carbons (Fsp3) is 0.650. The third-order valence-corrected chi connectivity index (χ3v) is 8.99. The molecule has 1 amide bonds. The van der Waals surface area contributed by atoms with Crippen molar-refractivity contribution in [2.45, 2.75) is 56.9 Å². The van der Waals surface area contributed by atoms with Gasteiger partial charge in [-0.25, -0.2) is 8.42 Å². The van der Waals surface area contributed by atoms with Crippen LogP contribution in [0.3, 0.4) is 0 Å². The summed E-state index contributed by atoms with van der Waals surface area (Å²) in [7, 11) is -3.72. The Balaban J connectivity index is 1.61. The SMILES string of the molecule is C[C@@H]1[C@H](C)CCC[C@@H]1NC(=O)C1CCN(S(=O)(=O)c2cc(Cl)ccc2Cl)CC1. The van der Waals surface area contributed by atoms with Gasteiger partial charge in [0, 0.05) is 30.1 Å². The zero-order chi connectivity index (χ0) is 20.5. The summed E-state index contributed by atoms with van der Waals surface area (Å²) in [5.41, 5.74) is 0. The lowest BCUT2D eigenvalue weighted by atomic mass is 9.78. The van der Waals surface area contributed by atoms with Gasteiger partial charge in [0.15, 0.2) is 0 Å². The molecule has 1 saturated carbocycles. The van der Waals surface area contributed by atoms with Gasteiger partial charge in [0.25, 0.3) is 0 Å². The van der Waals surface area contributed by atoms with E-state index >= 15 is 0 Å². The van der Waals surface area contributed by atoms with Crippen molar-refractivity contribution < 1.29 is 13.2 Å². The monoisotopic (exact) mass is 446 g/mol. The molecule has 1 aliphatic carbocycles. The third kappa shape index (κ3) is 4.66. The van der Waals surface area contributed by atoms with Gasteiger partial charge in [0.2, 0.25) is 15.9 Å². The fourth-order valence-electron chi connectivity index (χ4n) is 4.26. The Morgan fingerprint density at radius 2 is 1.79 bits per heavy atom. The first-order valence-corrected chi connectivity index (χ1v) is 12.2. The molecule has 0 aromatic heterocycles. The molecule has 1 heterocycles. The number of halogens is 2. The molecule has 1 aromatic carbocycles. The standard InChI is InChI=1S/C20H28Cl2N2O3S/c1-13-4-3-5-18(14(13)2)23-20(25)15-8-10-24(11-9-15)28(26,27)19-12-16(21)6-7-17(19)22/h6-7,12-15,18H,3-5,8-11H2,1-2H3,(H,23,25)/t13-,14-,18+/m1/s1. The maximum Gasteiger partial charge on any atom is 0.244 e. The molecule has 1 N–H and O–H groups in total. The minimum atomic E-state index is -3.72. The van der Waals surface area contributed by atoms with E-state index in [1.54, 1.807) is 6.07 Å². The molecule has 2 aliphatic rings. The first kappa shape index (κ1) is 21.9. The number of carbonyl (C=O) groups excluding carboxylic acids is 1. The van der Waals surface area contributed by atoms with Crippen molar-refractivity contribution >= 4 is 39.1 Å². The number of hydrogen-bond donors (Lipinski definition) is 1. The Labute approximate surface area is 177 Å². The lowest BCUT2D eigenvalue weighted by Gasteiger charge is -2.36. The number of piperidine rings is 1. The van der Waals surface area contributed by atoms with Crippen molar-refractivity contribution in [2.24, 2.45) is 17.8 Å². The Morgan fingerprint density at radius 3 is 2.46 bits per heavy atom. The van der Waals surface area contributed by atoms with Gasteiger partial charge in [-0.1, -0.05) is 49.9 Å². The summed E-state index contributed by atoms with van der Waals surface area (Å²) in [6.45, 7) is 5.06. The molecule has 2 fully saturated rings. The summed E-state index contributed by atoms with van der Waals surface area (Å²) >= 11 is 12.0. The van der Waals surface area contributed by atoms with Crippen LogP contribution in [-0.4, -0.2) is 37.8 Å². The van der Waals surface area contributed by atoms with Gasteiger partial charge < -0.3 is 5.32 Å². The zero-order valence-corrected chi connectivity index (χ0v) is 18.7. The van der Waals surface area contributed by atoms with Gasteiger partial charge in [-0.2, -0.15) is 4.31 Å². The summed E-state index contributed by atoms with van der Waals surface area (Å²) in [6.07, 6.45) is 4.42. The van der Waals surface area contributed by atoms with Gasteiger partial charge >= 0.3 is 0 Å². The van der Waals surface area contributed by atoms with Crippen molar-refractivity contribution in [3.63, 3.8) is 0 Å². The smallest absolute Gasteiger partial charge is 0.244 e. The van der Waals surface area contributed by atoms with Crippen molar-refractivity contribution in [1.29, 1.82) is 0 Å². The molecule has 28 heavy (non-hydrogen) atoms. The second-order valence-electron chi connectivity index (χ2n) is 8.14. The lowest BCUT2D eigenvalue weighted by Crippen LogP contribution is -2.48. The highest BCUT2D eigenvalue weighted by atomic mass is 35.5. The van der Waals surface area contributed by atoms with E-state index in [0.29, 0.717) is 42.8 Å². The zero-order valence-electron chi connectivity index (χ0n) is 16.3. The van der Waals surface area contributed by atoms with Gasteiger partial charge in [0.1, 0.15) is 4.90 Å². The number of benzene rings is 1. The molecule has 0 bridgehead atoms. The number of sulfonamides is 1. The van der Waals surface area contributed by atoms with E-state index < -0.39 is 10.0 Å². The van der Waals surface area contributed by atoms with Crippen molar-refractivity contribution in [3.05, 3.63) is 28.2 Å². The van der Waals surface area contributed by atoms with Crippen LogP contribution >= 0.6 is 23.2 Å². The predicted molar refractivity (Wildman–Crippen MR) is 112 cm³/mol. The van der Waals surface area contributed by atoms with E-state index in [4.69, 9.17) is 23.2 Å². The number of rotatable bonds is 4. The molecule has 8 heteroatoms. The molecule has 3 rings (SSSR count). The Hall–Kier alpha value is -0.820. The number of hydrogen-bond acceptors (Lipinski definition) is 3. The minimum absolute atomic E-state index is 0.0228. The van der Waals surface area contributed by atoms with Crippen molar-refractivity contribution in [2.75, 3.05) is 13.1 Å². The van der Waals surface area contributed by atoms with E-state index in [1.807, 2.05) is 0 Å². The van der Waals surface area contributed by atoms with E-state index in [-0.39, 0.29) is 27.8 Å². The first-order valence-electron chi connectivity index (χ1n) is 9.95. The highest BCUT2D eigenvalue weighted by Crippen LogP contribution is 2.32. The van der Waals surface area contributed by atoms with Crippen LogP contribution in [0.1, 0.15) is 46.0 Å². The second kappa shape index (κ2) is 8.90. The van der Waals surface area contributed by atoms with Crippen LogP contribution in [-0.2, 0) is 14.8 Å². The summed E-state index contributed by atoms with van der Waals surface area (Å²) < 4.78 is 27.2. The average molecular weight is 447 g/mol. The Morgan fingerprint density at radius 1 is 1.11 bits per heavy atom. The molecule has 1 aromatic rings. The molecule has 1 aliphatic heterocycles. The highest BCUT2D eigenvalue weighted by molar-refractivity contribution is 7.89. The van der Waals surface area contributed by atoms with E-state index in [2.05, 4.69) is 19.2 Å². The maximum atomic E-state index is 12.9. The van der Waals surface area contributed by atoms with Gasteiger partial charge in [-0.05, 0) is 49.3 Å². The van der Waals surface area contributed by atoms with E-state index in [1.165, 1.54) is 22.9 Å². The van der Waals surface area contributed by atoms with Crippen LogP contribution in [0, 0.1) is 17.8 Å². The number of nitrogens with one attached hydrogen (secondary N) is 1. The molecule has 1 saturated heterocycles. The predicted octanol–water partition coefficient (Wildman–Crippen LogP) is 4.34. The Kier molecular flexibility index (Phi) is 6.96. The number of carbonyl (C=O) groups is 1. The summed E-state index contributed by atoms with van der Waals surface area (Å²) in [5, 5.41) is 3.71. The molecule has 5 nitrogen and oxygen atoms in total. The highest BCUT2D eigenvalue weighted by Gasteiger charge is 2.35. The first-order chi connectivity index (χ1) is 13.2. The fourth-order valence-corrected chi connectivity index (χ4v) is 6.47. The van der Waals surface area contributed by atoms with Gasteiger partial charge in [-0.15, -0.1) is 0 Å². The minimum Gasteiger partial charge on any atom is -0.353 e. The molecular formula is C20H28Cl2N2O3S. The summed E-state index contributed by atoms with van der Waals surface area (Å²) in [4.78, 5) is 12.7. The maximum absolute atomic E-state index is 12.9. The topological polar surface area (TPSA) is 66.5 Å². The molecule has 0 unspecified atom stereocenters. The third-order valence-electron chi connectivity index (χ3n) is 6.37. The molecule has 0 radical (unpaired) electrons. The largest absolute Gasteiger partial charge is 0.353 e. The average Bonchev–Trinajstić information content (AvgIpc) is 2.67. The van der Waals surface area contributed by atoms with Gasteiger partial charge in [0.05, 0.1) is 5.02 Å². The summed E-state index contributed by atoms with van der Waals surface area (Å²) in [5.74, 6) is 1.01. The molecule has 156 valence electrons. The van der Waals surface area contributed by atoms with Crippen LogP contribution in [0.15, 0.2) is 23.1 Å². The molecule has 3 atom stereocenters. The molecular weight excluding hydrogens is 419 g/mol. The van der Waals surface area contributed by atoms with Gasteiger partial charge in [-0.3, -0.25) is 4.79 Å². The van der Waals surface area contributed by atoms with Crippen LogP contribution in [0.5, 0.6) is 0 Å². The van der Waals surface area contributed by atoms with Crippen LogP contribution in [0.2, 0.25) is 10.0 Å². The molecule has 0 spiro atoms. The normalized spacial score (nSPS) is 27.5. The van der Waals surface area contributed by atoms with Crippen molar-refractivity contribution in [1.82, 2.24) is 9.62 Å². The van der Waals surface area contributed by atoms with Crippen LogP contribution < -0.4 is 5.32 Å². The lowest BCUT2D eigenvalue weighted by molar-refractivity contribution is -0.127. The van der Waals surface area contributed by atoms with E-state index in [9.17, 15) is 13.2 Å². The Bertz CT molecular complexity index is 823. The second-order valence-corrected chi connectivity index (χ2v) is 10.9. The van der Waals surface area contributed by atoms with Crippen LogP contribution in [0.25, 0.3) is 0 Å². The quantitative estimate of drug-likeness (QED) is 0.747.